The van der Waals surface area contributed by atoms with Crippen LogP contribution in [0.2, 0.25) is 0 Å². The third-order valence-electron chi connectivity index (χ3n) is 2.15. The molecule has 0 aliphatic carbocycles. The lowest BCUT2D eigenvalue weighted by Gasteiger charge is -2.20. The molecule has 3 nitrogen and oxygen atoms in total. The first kappa shape index (κ1) is 11.2. The lowest BCUT2D eigenvalue weighted by molar-refractivity contribution is 0.338. The molecule has 1 rings (SSSR count). The molecule has 0 heterocycles. The zero-order valence-corrected chi connectivity index (χ0v) is 8.90. The molecule has 0 spiro atoms. The van der Waals surface area contributed by atoms with Gasteiger partial charge in [-0.3, -0.25) is 11.3 Å². The molecule has 0 radical (unpaired) electrons. The Morgan fingerprint density at radius 1 is 1.29 bits per heavy atom. The van der Waals surface area contributed by atoms with Gasteiger partial charge in [0.15, 0.2) is 0 Å². The van der Waals surface area contributed by atoms with E-state index in [9.17, 15) is 0 Å². The summed E-state index contributed by atoms with van der Waals surface area (Å²) in [6, 6.07) is 10.7. The van der Waals surface area contributed by atoms with Crippen LogP contribution in [-0.4, -0.2) is 31.6 Å². The van der Waals surface area contributed by atoms with E-state index in [0.29, 0.717) is 6.04 Å². The molecule has 0 aliphatic heterocycles. The van der Waals surface area contributed by atoms with Crippen molar-refractivity contribution >= 4 is 0 Å². The molecule has 14 heavy (non-hydrogen) atoms. The standard InChI is InChI=1S/C11H19N3/c1-14(2)9-11(13-12)8-10-6-4-3-5-7-10/h3-7,11,13H,8-9,12H2,1-2H3. The first-order valence-electron chi connectivity index (χ1n) is 4.87. The summed E-state index contributed by atoms with van der Waals surface area (Å²) in [5.74, 6) is 5.49. The number of rotatable bonds is 5. The molecule has 0 amide bonds. The Labute approximate surface area is 85.9 Å². The maximum absolute atomic E-state index is 5.49. The van der Waals surface area contributed by atoms with Crippen LogP contribution in [-0.2, 0) is 6.42 Å². The van der Waals surface area contributed by atoms with Crippen LogP contribution in [0.1, 0.15) is 5.56 Å². The Bertz CT molecular complexity index is 246. The van der Waals surface area contributed by atoms with Crippen molar-refractivity contribution in [1.82, 2.24) is 10.3 Å². The largest absolute Gasteiger partial charge is 0.308 e. The molecular weight excluding hydrogens is 174 g/mol. The number of likely N-dealkylation sites (N-methyl/N-ethyl adjacent to an activating group) is 1. The topological polar surface area (TPSA) is 41.3 Å². The average molecular weight is 193 g/mol. The van der Waals surface area contributed by atoms with Crippen LogP contribution in [0.15, 0.2) is 30.3 Å². The second-order valence-electron chi connectivity index (χ2n) is 3.82. The Hall–Kier alpha value is -0.900. The van der Waals surface area contributed by atoms with Crippen molar-refractivity contribution in [3.05, 3.63) is 35.9 Å². The second-order valence-corrected chi connectivity index (χ2v) is 3.82. The van der Waals surface area contributed by atoms with Gasteiger partial charge in [-0.05, 0) is 26.1 Å². The molecule has 0 aromatic heterocycles. The first-order valence-corrected chi connectivity index (χ1v) is 4.87. The van der Waals surface area contributed by atoms with E-state index in [2.05, 4.69) is 48.7 Å². The van der Waals surface area contributed by atoms with Crippen molar-refractivity contribution in [2.45, 2.75) is 12.5 Å². The Morgan fingerprint density at radius 3 is 2.43 bits per heavy atom. The van der Waals surface area contributed by atoms with Crippen LogP contribution in [0.25, 0.3) is 0 Å². The molecule has 78 valence electrons. The van der Waals surface area contributed by atoms with Crippen LogP contribution < -0.4 is 11.3 Å². The van der Waals surface area contributed by atoms with Crippen LogP contribution in [0.3, 0.4) is 0 Å². The highest BCUT2D eigenvalue weighted by molar-refractivity contribution is 5.15. The lowest BCUT2D eigenvalue weighted by atomic mass is 10.1. The van der Waals surface area contributed by atoms with Gasteiger partial charge >= 0.3 is 0 Å². The highest BCUT2D eigenvalue weighted by Crippen LogP contribution is 2.02. The van der Waals surface area contributed by atoms with Crippen molar-refractivity contribution in [3.63, 3.8) is 0 Å². The molecule has 1 unspecified atom stereocenters. The fraction of sp³-hybridized carbons (Fsp3) is 0.455. The summed E-state index contributed by atoms with van der Waals surface area (Å²) < 4.78 is 0. The van der Waals surface area contributed by atoms with E-state index in [1.165, 1.54) is 5.56 Å². The maximum Gasteiger partial charge on any atom is 0.0377 e. The third kappa shape index (κ3) is 3.87. The van der Waals surface area contributed by atoms with Gasteiger partial charge in [0.25, 0.3) is 0 Å². The predicted octanol–water partition coefficient (Wildman–Crippen LogP) is 0.623. The van der Waals surface area contributed by atoms with E-state index < -0.39 is 0 Å². The zero-order chi connectivity index (χ0) is 10.4. The van der Waals surface area contributed by atoms with Gasteiger partial charge in [0, 0.05) is 12.6 Å². The molecule has 0 saturated carbocycles. The van der Waals surface area contributed by atoms with E-state index >= 15 is 0 Å². The summed E-state index contributed by atoms with van der Waals surface area (Å²) in [5, 5.41) is 0. The normalized spacial score (nSPS) is 13.1. The lowest BCUT2D eigenvalue weighted by Crippen LogP contribution is -2.43. The maximum atomic E-state index is 5.49. The van der Waals surface area contributed by atoms with Gasteiger partial charge in [-0.2, -0.15) is 0 Å². The molecule has 0 bridgehead atoms. The van der Waals surface area contributed by atoms with E-state index in [4.69, 9.17) is 5.84 Å². The first-order chi connectivity index (χ1) is 6.72. The minimum atomic E-state index is 0.312. The van der Waals surface area contributed by atoms with E-state index in [0.717, 1.165) is 13.0 Å². The molecule has 1 aromatic rings. The SMILES string of the molecule is CN(C)CC(Cc1ccccc1)NN. The molecule has 0 aliphatic rings. The number of nitrogens with one attached hydrogen (secondary N) is 1. The summed E-state index contributed by atoms with van der Waals surface area (Å²) in [4.78, 5) is 2.13. The number of benzene rings is 1. The van der Waals surface area contributed by atoms with E-state index in [-0.39, 0.29) is 0 Å². The molecule has 3 heteroatoms. The third-order valence-corrected chi connectivity index (χ3v) is 2.15. The number of hydrazine groups is 1. The zero-order valence-electron chi connectivity index (χ0n) is 8.90. The molecule has 1 aromatic carbocycles. The number of nitrogens with zero attached hydrogens (tertiary/aromatic N) is 1. The summed E-state index contributed by atoms with van der Waals surface area (Å²) >= 11 is 0. The van der Waals surface area contributed by atoms with Crippen molar-refractivity contribution in [2.75, 3.05) is 20.6 Å². The smallest absolute Gasteiger partial charge is 0.0377 e. The highest BCUT2D eigenvalue weighted by atomic mass is 15.3. The highest BCUT2D eigenvalue weighted by Gasteiger charge is 2.07. The monoisotopic (exact) mass is 193 g/mol. The van der Waals surface area contributed by atoms with Gasteiger partial charge in [-0.1, -0.05) is 30.3 Å². The van der Waals surface area contributed by atoms with Crippen LogP contribution in [0, 0.1) is 0 Å². The number of hydrogen-bond acceptors (Lipinski definition) is 3. The summed E-state index contributed by atoms with van der Waals surface area (Å²) in [5.41, 5.74) is 4.16. The van der Waals surface area contributed by atoms with Crippen LogP contribution in [0.4, 0.5) is 0 Å². The van der Waals surface area contributed by atoms with Gasteiger partial charge in [-0.15, -0.1) is 0 Å². The second kappa shape index (κ2) is 5.75. The van der Waals surface area contributed by atoms with Crippen molar-refractivity contribution in [2.24, 2.45) is 5.84 Å². The molecular formula is C11H19N3. The number of nitrogens with two attached hydrogens (primary N) is 1. The van der Waals surface area contributed by atoms with Gasteiger partial charge in [0.2, 0.25) is 0 Å². The summed E-state index contributed by atoms with van der Waals surface area (Å²) in [6.45, 7) is 0.950. The van der Waals surface area contributed by atoms with E-state index in [1.807, 2.05) is 6.07 Å². The van der Waals surface area contributed by atoms with Gasteiger partial charge in [0.1, 0.15) is 0 Å². The fourth-order valence-corrected chi connectivity index (χ4v) is 1.52. The predicted molar refractivity (Wildman–Crippen MR) is 59.8 cm³/mol. The van der Waals surface area contributed by atoms with Gasteiger partial charge < -0.3 is 4.90 Å². The van der Waals surface area contributed by atoms with Crippen LogP contribution in [0.5, 0.6) is 0 Å². The quantitative estimate of drug-likeness (QED) is 0.532. The minimum absolute atomic E-state index is 0.312. The van der Waals surface area contributed by atoms with Crippen LogP contribution >= 0.6 is 0 Å². The Kier molecular flexibility index (Phi) is 4.59. The van der Waals surface area contributed by atoms with Crippen molar-refractivity contribution in [3.8, 4) is 0 Å². The average Bonchev–Trinajstić information content (AvgIpc) is 2.17. The summed E-state index contributed by atoms with van der Waals surface area (Å²) in [7, 11) is 4.10. The van der Waals surface area contributed by atoms with Gasteiger partial charge in [-0.25, -0.2) is 0 Å². The molecule has 0 fully saturated rings. The fourth-order valence-electron chi connectivity index (χ4n) is 1.52. The van der Waals surface area contributed by atoms with Crippen molar-refractivity contribution < 1.29 is 0 Å². The van der Waals surface area contributed by atoms with E-state index in [1.54, 1.807) is 0 Å². The Morgan fingerprint density at radius 2 is 1.93 bits per heavy atom. The van der Waals surface area contributed by atoms with Gasteiger partial charge in [0.05, 0.1) is 0 Å². The molecule has 1 atom stereocenters. The van der Waals surface area contributed by atoms with Crippen molar-refractivity contribution in [1.29, 1.82) is 0 Å². The Balaban J connectivity index is 2.48. The molecule has 3 N–H and O–H groups in total. The molecule has 0 saturated heterocycles. The minimum Gasteiger partial charge on any atom is -0.308 e. The number of hydrogen-bond donors (Lipinski definition) is 2. The summed E-state index contributed by atoms with van der Waals surface area (Å²) in [6.07, 6.45) is 0.968.